The van der Waals surface area contributed by atoms with E-state index in [-0.39, 0.29) is 0 Å². The second-order valence-electron chi connectivity index (χ2n) is 4.52. The molecule has 0 saturated carbocycles. The monoisotopic (exact) mass is 261 g/mol. The molecule has 2 N–H and O–H groups in total. The van der Waals surface area contributed by atoms with E-state index in [1.165, 1.54) is 10.5 Å². The maximum Gasteiger partial charge on any atom is 0.0727 e. The molecule has 1 heterocycles. The highest BCUT2D eigenvalue weighted by atomic mass is 32.2. The minimum Gasteiger partial charge on any atom is -0.326 e. The third-order valence-corrected chi connectivity index (χ3v) is 3.74. The molecule has 1 aromatic heterocycles. The van der Waals surface area contributed by atoms with E-state index in [0.29, 0.717) is 12.6 Å². The lowest BCUT2D eigenvalue weighted by atomic mass is 10.2. The molecular formula is C14H19N3S. The van der Waals surface area contributed by atoms with Crippen LogP contribution in [0.15, 0.2) is 41.4 Å². The number of rotatable bonds is 5. The van der Waals surface area contributed by atoms with Gasteiger partial charge in [-0.1, -0.05) is 12.1 Å². The first kappa shape index (κ1) is 13.2. The Morgan fingerprint density at radius 2 is 2.17 bits per heavy atom. The quantitative estimate of drug-likeness (QED) is 0.840. The lowest BCUT2D eigenvalue weighted by Gasteiger charge is -2.04. The molecule has 2 aromatic rings. The van der Waals surface area contributed by atoms with Crippen LogP contribution in [0.5, 0.6) is 0 Å². The zero-order valence-corrected chi connectivity index (χ0v) is 11.7. The van der Waals surface area contributed by atoms with Gasteiger partial charge in [-0.2, -0.15) is 5.10 Å². The Bertz CT molecular complexity index is 505. The summed E-state index contributed by atoms with van der Waals surface area (Å²) in [6, 6.07) is 10.9. The fourth-order valence-corrected chi connectivity index (χ4v) is 2.54. The summed E-state index contributed by atoms with van der Waals surface area (Å²) >= 11 is 1.80. The molecule has 0 aliphatic rings. The van der Waals surface area contributed by atoms with E-state index < -0.39 is 0 Å². The molecule has 0 aliphatic heterocycles. The molecule has 1 aromatic carbocycles. The fraction of sp³-hybridized carbons (Fsp3) is 0.357. The summed E-state index contributed by atoms with van der Waals surface area (Å²) in [5.41, 5.74) is 7.93. The number of benzene rings is 1. The zero-order valence-electron chi connectivity index (χ0n) is 10.8. The van der Waals surface area contributed by atoms with Crippen LogP contribution in [0.4, 0.5) is 0 Å². The van der Waals surface area contributed by atoms with E-state index in [9.17, 15) is 0 Å². The lowest BCUT2D eigenvalue weighted by molar-refractivity contribution is 0.529. The third-order valence-electron chi connectivity index (χ3n) is 2.71. The van der Waals surface area contributed by atoms with Gasteiger partial charge in [-0.15, -0.1) is 11.8 Å². The van der Waals surface area contributed by atoms with Crippen molar-refractivity contribution in [2.45, 2.75) is 37.1 Å². The highest BCUT2D eigenvalue weighted by Crippen LogP contribution is 2.23. The first-order valence-electron chi connectivity index (χ1n) is 6.15. The third kappa shape index (κ3) is 3.37. The Kier molecular flexibility index (Phi) is 4.44. The highest BCUT2D eigenvalue weighted by Gasteiger charge is 2.03. The van der Waals surface area contributed by atoms with Crippen LogP contribution in [0.2, 0.25) is 0 Å². The van der Waals surface area contributed by atoms with Gasteiger partial charge in [-0.25, -0.2) is 0 Å². The van der Waals surface area contributed by atoms with E-state index in [2.05, 4.69) is 49.3 Å². The molecule has 96 valence electrons. The molecule has 2 rings (SSSR count). The van der Waals surface area contributed by atoms with Crippen molar-refractivity contribution in [2.24, 2.45) is 5.73 Å². The van der Waals surface area contributed by atoms with Gasteiger partial charge in [0.25, 0.3) is 0 Å². The number of hydrogen-bond acceptors (Lipinski definition) is 3. The van der Waals surface area contributed by atoms with Crippen molar-refractivity contribution in [3.63, 3.8) is 0 Å². The lowest BCUT2D eigenvalue weighted by Crippen LogP contribution is -2.01. The smallest absolute Gasteiger partial charge is 0.0727 e. The molecule has 0 saturated heterocycles. The van der Waals surface area contributed by atoms with Crippen LogP contribution in [0.25, 0.3) is 0 Å². The Hall–Kier alpha value is -1.26. The van der Waals surface area contributed by atoms with Crippen LogP contribution >= 0.6 is 11.8 Å². The van der Waals surface area contributed by atoms with E-state index in [0.717, 1.165) is 11.4 Å². The van der Waals surface area contributed by atoms with E-state index in [1.54, 1.807) is 11.8 Å². The Balaban J connectivity index is 1.97. The van der Waals surface area contributed by atoms with Crippen molar-refractivity contribution >= 4 is 11.8 Å². The van der Waals surface area contributed by atoms with Crippen LogP contribution in [0.1, 0.15) is 31.1 Å². The molecule has 0 amide bonds. The first-order chi connectivity index (χ1) is 8.69. The summed E-state index contributed by atoms with van der Waals surface area (Å²) < 4.78 is 1.99. The van der Waals surface area contributed by atoms with Gasteiger partial charge in [-0.05, 0) is 37.6 Å². The highest BCUT2D eigenvalue weighted by molar-refractivity contribution is 7.98. The Morgan fingerprint density at radius 1 is 1.33 bits per heavy atom. The van der Waals surface area contributed by atoms with Crippen molar-refractivity contribution in [3.05, 3.63) is 47.8 Å². The largest absolute Gasteiger partial charge is 0.326 e. The number of thioether (sulfide) groups is 1. The summed E-state index contributed by atoms with van der Waals surface area (Å²) in [7, 11) is 0. The van der Waals surface area contributed by atoms with Gasteiger partial charge in [0.05, 0.1) is 5.69 Å². The van der Waals surface area contributed by atoms with Gasteiger partial charge in [0.15, 0.2) is 0 Å². The molecule has 0 bridgehead atoms. The molecular weight excluding hydrogens is 242 g/mol. The molecule has 0 radical (unpaired) electrons. The van der Waals surface area contributed by atoms with Gasteiger partial charge in [-0.3, -0.25) is 4.68 Å². The average molecular weight is 261 g/mol. The number of nitrogens with two attached hydrogens (primary N) is 1. The molecule has 0 unspecified atom stereocenters. The van der Waals surface area contributed by atoms with E-state index in [1.807, 2.05) is 10.9 Å². The van der Waals surface area contributed by atoms with Crippen LogP contribution in [0.3, 0.4) is 0 Å². The second kappa shape index (κ2) is 6.07. The summed E-state index contributed by atoms with van der Waals surface area (Å²) in [5.74, 6) is 0.897. The average Bonchev–Trinajstić information content (AvgIpc) is 2.85. The predicted molar refractivity (Wildman–Crippen MR) is 76.5 cm³/mol. The molecule has 3 nitrogen and oxygen atoms in total. The van der Waals surface area contributed by atoms with Crippen molar-refractivity contribution in [2.75, 3.05) is 0 Å². The molecule has 0 atom stereocenters. The van der Waals surface area contributed by atoms with Gasteiger partial charge >= 0.3 is 0 Å². The Morgan fingerprint density at radius 3 is 2.83 bits per heavy atom. The standard InChI is InChI=1S/C14H19N3S/c1-11(2)17-7-6-13(16-17)10-18-14-5-3-4-12(8-14)9-15/h3-8,11H,9-10,15H2,1-2H3. The molecule has 0 aliphatic carbocycles. The molecule has 0 fully saturated rings. The molecule has 0 spiro atoms. The maximum atomic E-state index is 5.64. The van der Waals surface area contributed by atoms with Crippen LogP contribution in [-0.4, -0.2) is 9.78 Å². The van der Waals surface area contributed by atoms with Gasteiger partial charge in [0.1, 0.15) is 0 Å². The van der Waals surface area contributed by atoms with Crippen molar-refractivity contribution in [3.8, 4) is 0 Å². The minimum absolute atomic E-state index is 0.421. The van der Waals surface area contributed by atoms with Crippen LogP contribution in [-0.2, 0) is 12.3 Å². The normalized spacial score (nSPS) is 11.1. The van der Waals surface area contributed by atoms with Crippen molar-refractivity contribution in [1.29, 1.82) is 0 Å². The maximum absolute atomic E-state index is 5.64. The van der Waals surface area contributed by atoms with E-state index in [4.69, 9.17) is 5.73 Å². The minimum atomic E-state index is 0.421. The number of nitrogens with zero attached hydrogens (tertiary/aromatic N) is 2. The topological polar surface area (TPSA) is 43.8 Å². The fourth-order valence-electron chi connectivity index (χ4n) is 1.66. The van der Waals surface area contributed by atoms with Gasteiger partial charge in [0.2, 0.25) is 0 Å². The first-order valence-corrected chi connectivity index (χ1v) is 7.13. The number of hydrogen-bond donors (Lipinski definition) is 1. The summed E-state index contributed by atoms with van der Waals surface area (Å²) in [4.78, 5) is 1.25. The van der Waals surface area contributed by atoms with Gasteiger partial charge in [0, 0.05) is 29.4 Å². The van der Waals surface area contributed by atoms with Crippen molar-refractivity contribution < 1.29 is 0 Å². The van der Waals surface area contributed by atoms with E-state index >= 15 is 0 Å². The predicted octanol–water partition coefficient (Wildman–Crippen LogP) is 3.22. The zero-order chi connectivity index (χ0) is 13.0. The SMILES string of the molecule is CC(C)n1ccc(CSc2cccc(CN)c2)n1. The summed E-state index contributed by atoms with van der Waals surface area (Å²) in [5, 5.41) is 4.54. The summed E-state index contributed by atoms with van der Waals surface area (Å²) in [6.07, 6.45) is 2.04. The molecule has 18 heavy (non-hydrogen) atoms. The van der Waals surface area contributed by atoms with Crippen LogP contribution < -0.4 is 5.73 Å². The van der Waals surface area contributed by atoms with Crippen LogP contribution in [0, 0.1) is 0 Å². The van der Waals surface area contributed by atoms with Crippen molar-refractivity contribution in [1.82, 2.24) is 9.78 Å². The summed E-state index contributed by atoms with van der Waals surface area (Å²) in [6.45, 7) is 4.86. The van der Waals surface area contributed by atoms with Gasteiger partial charge < -0.3 is 5.73 Å². The number of aromatic nitrogens is 2. The Labute approximate surface area is 112 Å². The molecule has 4 heteroatoms. The second-order valence-corrected chi connectivity index (χ2v) is 5.57.